The number of anilines is 1. The van der Waals surface area contributed by atoms with Gasteiger partial charge in [-0.2, -0.15) is 0 Å². The second-order valence-corrected chi connectivity index (χ2v) is 8.31. The third kappa shape index (κ3) is 8.67. The van der Waals surface area contributed by atoms with E-state index in [0.717, 1.165) is 32.0 Å². The molecule has 1 fully saturated rings. The van der Waals surface area contributed by atoms with Crippen LogP contribution in [-0.4, -0.2) is 62.3 Å². The van der Waals surface area contributed by atoms with E-state index in [1.807, 2.05) is 34.9 Å². The van der Waals surface area contributed by atoms with Gasteiger partial charge in [-0.1, -0.05) is 12.1 Å². The molecule has 2 rings (SSSR count). The van der Waals surface area contributed by atoms with Gasteiger partial charge < -0.3 is 25.2 Å². The molecule has 1 aliphatic rings. The molecule has 8 heteroatoms. The molecule has 164 valence electrons. The molecule has 1 amide bonds. The summed E-state index contributed by atoms with van der Waals surface area (Å²) < 4.78 is 5.36. The number of halogens is 1. The van der Waals surface area contributed by atoms with Gasteiger partial charge in [-0.05, 0) is 51.8 Å². The molecule has 0 radical (unpaired) electrons. The maximum Gasteiger partial charge on any atom is 0.407 e. The first-order valence-electron chi connectivity index (χ1n) is 9.97. The monoisotopic (exact) mass is 517 g/mol. The van der Waals surface area contributed by atoms with Crippen LogP contribution in [0.2, 0.25) is 0 Å². The van der Waals surface area contributed by atoms with Gasteiger partial charge in [0, 0.05) is 39.4 Å². The molecular formula is C21H36IN5O2. The van der Waals surface area contributed by atoms with Crippen molar-refractivity contribution in [2.75, 3.05) is 38.6 Å². The van der Waals surface area contributed by atoms with Crippen molar-refractivity contribution in [2.45, 2.75) is 52.3 Å². The topological polar surface area (TPSA) is 69.2 Å². The van der Waals surface area contributed by atoms with Crippen molar-refractivity contribution >= 4 is 41.7 Å². The van der Waals surface area contributed by atoms with Crippen molar-refractivity contribution in [3.8, 4) is 0 Å². The van der Waals surface area contributed by atoms with E-state index in [2.05, 4.69) is 51.6 Å². The summed E-state index contributed by atoms with van der Waals surface area (Å²) in [6, 6.07) is 8.50. The number of carbonyl (C=O) groups is 1. The first-order chi connectivity index (χ1) is 13.2. The molecule has 1 aromatic rings. The smallest absolute Gasteiger partial charge is 0.407 e. The van der Waals surface area contributed by atoms with Gasteiger partial charge >= 0.3 is 6.09 Å². The van der Waals surface area contributed by atoms with Crippen molar-refractivity contribution in [1.29, 1.82) is 0 Å². The molecule has 1 heterocycles. The number of alkyl carbamates (subject to hydrolysis) is 1. The number of carbonyl (C=O) groups excluding carboxylic acids is 1. The normalized spacial score (nSPS) is 16.8. The third-order valence-electron chi connectivity index (χ3n) is 4.41. The Hall–Kier alpha value is -1.71. The van der Waals surface area contributed by atoms with Crippen molar-refractivity contribution in [3.63, 3.8) is 0 Å². The Labute approximate surface area is 192 Å². The van der Waals surface area contributed by atoms with Crippen molar-refractivity contribution in [3.05, 3.63) is 29.8 Å². The number of rotatable bonds is 5. The van der Waals surface area contributed by atoms with Gasteiger partial charge in [-0.25, -0.2) is 9.79 Å². The number of amides is 1. The fourth-order valence-corrected chi connectivity index (χ4v) is 3.04. The van der Waals surface area contributed by atoms with E-state index in [4.69, 9.17) is 9.73 Å². The van der Waals surface area contributed by atoms with Crippen molar-refractivity contribution in [1.82, 2.24) is 15.5 Å². The number of guanidine groups is 1. The highest BCUT2D eigenvalue weighted by molar-refractivity contribution is 14.0. The summed E-state index contributed by atoms with van der Waals surface area (Å²) in [5.74, 6) is 0.882. The molecule has 0 saturated carbocycles. The van der Waals surface area contributed by atoms with Gasteiger partial charge in [0.05, 0.1) is 12.6 Å². The maximum absolute atomic E-state index is 12.0. The lowest BCUT2D eigenvalue weighted by Crippen LogP contribution is -2.44. The van der Waals surface area contributed by atoms with E-state index in [9.17, 15) is 4.79 Å². The minimum atomic E-state index is -0.485. The lowest BCUT2D eigenvalue weighted by Gasteiger charge is -2.23. The van der Waals surface area contributed by atoms with E-state index >= 15 is 0 Å². The number of ether oxygens (including phenoxy) is 1. The summed E-state index contributed by atoms with van der Waals surface area (Å²) >= 11 is 0. The fourth-order valence-electron chi connectivity index (χ4n) is 3.04. The average Bonchev–Trinajstić information content (AvgIpc) is 3.05. The molecular weight excluding hydrogens is 481 g/mol. The number of hydrogen-bond acceptors (Lipinski definition) is 4. The molecule has 1 saturated heterocycles. The van der Waals surface area contributed by atoms with Gasteiger partial charge in [0.2, 0.25) is 0 Å². The van der Waals surface area contributed by atoms with Gasteiger partial charge in [0.15, 0.2) is 5.96 Å². The van der Waals surface area contributed by atoms with Crippen molar-refractivity contribution < 1.29 is 9.53 Å². The van der Waals surface area contributed by atoms with E-state index in [0.29, 0.717) is 6.54 Å². The zero-order valence-electron chi connectivity index (χ0n) is 18.5. The van der Waals surface area contributed by atoms with Gasteiger partial charge in [0.25, 0.3) is 0 Å². The van der Waals surface area contributed by atoms with E-state index in [1.165, 1.54) is 11.3 Å². The molecule has 0 aromatic heterocycles. The number of nitrogens with one attached hydrogen (secondary N) is 2. The molecule has 0 spiro atoms. The Morgan fingerprint density at radius 1 is 1.28 bits per heavy atom. The van der Waals surface area contributed by atoms with Crippen LogP contribution in [0.5, 0.6) is 0 Å². The molecule has 0 aliphatic carbocycles. The quantitative estimate of drug-likeness (QED) is 0.356. The summed E-state index contributed by atoms with van der Waals surface area (Å²) in [6.45, 7) is 10.7. The number of hydrogen-bond donors (Lipinski definition) is 2. The Morgan fingerprint density at radius 2 is 1.93 bits per heavy atom. The number of likely N-dealkylation sites (tertiary alicyclic amines) is 1. The summed E-state index contributed by atoms with van der Waals surface area (Å²) in [5, 5.41) is 6.32. The minimum absolute atomic E-state index is 0. The van der Waals surface area contributed by atoms with E-state index < -0.39 is 5.60 Å². The second kappa shape index (κ2) is 11.5. The summed E-state index contributed by atoms with van der Waals surface area (Å²) in [6.07, 6.45) is 0.517. The number of aliphatic imine (C=N–C) groups is 1. The lowest BCUT2D eigenvalue weighted by molar-refractivity contribution is 0.0507. The lowest BCUT2D eigenvalue weighted by atomic mass is 10.2. The molecule has 1 aliphatic heterocycles. The maximum atomic E-state index is 12.0. The van der Waals surface area contributed by atoms with Gasteiger partial charge in [-0.15, -0.1) is 24.0 Å². The first-order valence-corrected chi connectivity index (χ1v) is 9.97. The van der Waals surface area contributed by atoms with Crippen molar-refractivity contribution in [2.24, 2.45) is 4.99 Å². The molecule has 0 bridgehead atoms. The molecule has 7 nitrogen and oxygen atoms in total. The second-order valence-electron chi connectivity index (χ2n) is 8.31. The first kappa shape index (κ1) is 25.3. The SMILES string of the molecule is CCNC(=NCc1ccc(N(C)C)cc1)N1CCC(NC(=O)OC(C)(C)C)C1.I. The average molecular weight is 517 g/mol. The van der Waals surface area contributed by atoms with E-state index in [1.54, 1.807) is 0 Å². The van der Waals surface area contributed by atoms with Crippen LogP contribution in [0.25, 0.3) is 0 Å². The summed E-state index contributed by atoms with van der Waals surface area (Å²) in [4.78, 5) is 21.1. The van der Waals surface area contributed by atoms with Crippen LogP contribution in [0.1, 0.15) is 39.7 Å². The molecule has 1 atom stereocenters. The number of benzene rings is 1. The Kier molecular flexibility index (Phi) is 10.0. The predicted octanol–water partition coefficient (Wildman–Crippen LogP) is 3.44. The molecule has 29 heavy (non-hydrogen) atoms. The summed E-state index contributed by atoms with van der Waals surface area (Å²) in [5.41, 5.74) is 1.86. The van der Waals surface area contributed by atoms with Crippen LogP contribution in [0.4, 0.5) is 10.5 Å². The van der Waals surface area contributed by atoms with Crippen LogP contribution >= 0.6 is 24.0 Å². The highest BCUT2D eigenvalue weighted by Gasteiger charge is 2.27. The molecule has 1 aromatic carbocycles. The van der Waals surface area contributed by atoms with Gasteiger partial charge in [-0.3, -0.25) is 0 Å². The van der Waals surface area contributed by atoms with Crippen LogP contribution in [0, 0.1) is 0 Å². The van der Waals surface area contributed by atoms with Crippen LogP contribution in [-0.2, 0) is 11.3 Å². The largest absolute Gasteiger partial charge is 0.444 e. The summed E-state index contributed by atoms with van der Waals surface area (Å²) in [7, 11) is 4.07. The fraction of sp³-hybridized carbons (Fsp3) is 0.619. The third-order valence-corrected chi connectivity index (χ3v) is 4.41. The Balaban J connectivity index is 0.00000420. The van der Waals surface area contributed by atoms with Crippen LogP contribution < -0.4 is 15.5 Å². The predicted molar refractivity (Wildman–Crippen MR) is 130 cm³/mol. The zero-order valence-corrected chi connectivity index (χ0v) is 20.8. The van der Waals surface area contributed by atoms with Crippen LogP contribution in [0.3, 0.4) is 0 Å². The Bertz CT molecular complexity index is 671. The molecule has 1 unspecified atom stereocenters. The highest BCUT2D eigenvalue weighted by atomic mass is 127. The number of nitrogens with zero attached hydrogens (tertiary/aromatic N) is 3. The van der Waals surface area contributed by atoms with Crippen LogP contribution in [0.15, 0.2) is 29.3 Å². The zero-order chi connectivity index (χ0) is 20.7. The Morgan fingerprint density at radius 3 is 2.48 bits per heavy atom. The standard InChI is InChI=1S/C21H35N5O2.HI/c1-7-22-19(23-14-16-8-10-18(11-9-16)25(5)6)26-13-12-17(15-26)24-20(27)28-21(2,3)4;/h8-11,17H,7,12-15H2,1-6H3,(H,22,23)(H,24,27);1H. The molecule has 2 N–H and O–H groups in total. The minimum Gasteiger partial charge on any atom is -0.444 e. The highest BCUT2D eigenvalue weighted by Crippen LogP contribution is 2.15. The van der Waals surface area contributed by atoms with E-state index in [-0.39, 0.29) is 36.1 Å². The van der Waals surface area contributed by atoms with Gasteiger partial charge in [0.1, 0.15) is 5.60 Å².